The van der Waals surface area contributed by atoms with Crippen molar-refractivity contribution in [3.05, 3.63) is 12.2 Å². The number of fused-ring (bicyclic) bond motifs is 2. The number of aliphatic hydroxyl groups is 1. The monoisotopic (exact) mass is 167 g/mol. The van der Waals surface area contributed by atoms with Crippen molar-refractivity contribution in [1.82, 2.24) is 5.32 Å². The minimum absolute atomic E-state index is 0.215. The van der Waals surface area contributed by atoms with Crippen LogP contribution in [0, 0.1) is 11.8 Å². The van der Waals surface area contributed by atoms with Gasteiger partial charge in [0.05, 0.1) is 6.10 Å². The van der Waals surface area contributed by atoms with Gasteiger partial charge in [-0.2, -0.15) is 0 Å². The van der Waals surface area contributed by atoms with Crippen LogP contribution in [-0.2, 0) is 0 Å². The quantitative estimate of drug-likeness (QED) is 0.613. The van der Waals surface area contributed by atoms with E-state index in [-0.39, 0.29) is 6.10 Å². The second kappa shape index (κ2) is 3.19. The topological polar surface area (TPSA) is 32.3 Å². The highest BCUT2D eigenvalue weighted by Crippen LogP contribution is 2.38. The van der Waals surface area contributed by atoms with Gasteiger partial charge in [0.2, 0.25) is 0 Å². The van der Waals surface area contributed by atoms with Gasteiger partial charge in [0.1, 0.15) is 0 Å². The molecule has 68 valence electrons. The van der Waals surface area contributed by atoms with Crippen molar-refractivity contribution < 1.29 is 5.11 Å². The average Bonchev–Trinajstić information content (AvgIpc) is 2.60. The van der Waals surface area contributed by atoms with Gasteiger partial charge in [0.25, 0.3) is 0 Å². The summed E-state index contributed by atoms with van der Waals surface area (Å²) in [5, 5.41) is 12.5. The molecule has 0 spiro atoms. The van der Waals surface area contributed by atoms with E-state index >= 15 is 0 Å². The Morgan fingerprint density at radius 1 is 1.50 bits per heavy atom. The van der Waals surface area contributed by atoms with Crippen molar-refractivity contribution in [3.63, 3.8) is 0 Å². The molecule has 0 amide bonds. The average molecular weight is 167 g/mol. The van der Waals surface area contributed by atoms with Crippen LogP contribution >= 0.6 is 0 Å². The zero-order chi connectivity index (χ0) is 8.55. The van der Waals surface area contributed by atoms with Gasteiger partial charge in [-0.3, -0.25) is 0 Å². The molecule has 2 N–H and O–H groups in total. The first-order valence-corrected chi connectivity index (χ1v) is 4.85. The molecule has 0 aromatic carbocycles. The molecule has 2 aliphatic rings. The molecular formula is C10H17NO. The van der Waals surface area contributed by atoms with Crippen molar-refractivity contribution in [2.24, 2.45) is 11.8 Å². The van der Waals surface area contributed by atoms with E-state index in [2.05, 4.69) is 17.5 Å². The molecule has 2 bridgehead atoms. The van der Waals surface area contributed by atoms with E-state index in [0.29, 0.717) is 6.04 Å². The maximum Gasteiger partial charge on any atom is 0.0636 e. The highest BCUT2D eigenvalue weighted by Gasteiger charge is 2.34. The van der Waals surface area contributed by atoms with Gasteiger partial charge in [0, 0.05) is 12.6 Å². The fourth-order valence-electron chi connectivity index (χ4n) is 2.34. The highest BCUT2D eigenvalue weighted by molar-refractivity contribution is 5.12. The Morgan fingerprint density at radius 2 is 2.33 bits per heavy atom. The molecule has 0 saturated heterocycles. The van der Waals surface area contributed by atoms with Crippen LogP contribution in [0.4, 0.5) is 0 Å². The lowest BCUT2D eigenvalue weighted by Gasteiger charge is -2.20. The predicted molar refractivity (Wildman–Crippen MR) is 48.8 cm³/mol. The molecule has 2 nitrogen and oxygen atoms in total. The molecule has 0 radical (unpaired) electrons. The Morgan fingerprint density at radius 3 is 2.83 bits per heavy atom. The second-order valence-electron chi connectivity index (χ2n) is 4.14. The molecule has 2 aliphatic carbocycles. The summed E-state index contributed by atoms with van der Waals surface area (Å²) in [5.74, 6) is 1.57. The van der Waals surface area contributed by atoms with E-state index in [4.69, 9.17) is 5.11 Å². The summed E-state index contributed by atoms with van der Waals surface area (Å²) in [4.78, 5) is 0. The Labute approximate surface area is 73.7 Å². The molecule has 0 aromatic rings. The molecule has 1 saturated carbocycles. The van der Waals surface area contributed by atoms with Crippen molar-refractivity contribution in [3.8, 4) is 0 Å². The lowest BCUT2D eigenvalue weighted by Crippen LogP contribution is -2.37. The summed E-state index contributed by atoms with van der Waals surface area (Å²) in [6, 6.07) is 0.634. The summed E-state index contributed by atoms with van der Waals surface area (Å²) in [7, 11) is 0. The first kappa shape index (κ1) is 8.27. The largest absolute Gasteiger partial charge is 0.392 e. The number of aliphatic hydroxyl groups excluding tert-OH is 1. The van der Waals surface area contributed by atoms with E-state index < -0.39 is 0 Å². The maximum absolute atomic E-state index is 9.10. The lowest BCUT2D eigenvalue weighted by atomic mass is 10.0. The Kier molecular flexibility index (Phi) is 2.20. The van der Waals surface area contributed by atoms with Crippen LogP contribution in [-0.4, -0.2) is 23.8 Å². The van der Waals surface area contributed by atoms with Crippen molar-refractivity contribution in [1.29, 1.82) is 0 Å². The second-order valence-corrected chi connectivity index (χ2v) is 4.14. The zero-order valence-corrected chi connectivity index (χ0v) is 7.53. The highest BCUT2D eigenvalue weighted by atomic mass is 16.3. The fraction of sp³-hybridized carbons (Fsp3) is 0.800. The van der Waals surface area contributed by atoms with Crippen molar-refractivity contribution >= 4 is 0 Å². The summed E-state index contributed by atoms with van der Waals surface area (Å²) in [6.45, 7) is 2.57. The smallest absolute Gasteiger partial charge is 0.0636 e. The number of nitrogens with one attached hydrogen (secondary N) is 1. The van der Waals surface area contributed by atoms with Crippen molar-refractivity contribution in [2.75, 3.05) is 6.54 Å². The number of hydrogen-bond acceptors (Lipinski definition) is 2. The normalized spacial score (nSPS) is 40.7. The van der Waals surface area contributed by atoms with Crippen LogP contribution in [0.15, 0.2) is 12.2 Å². The van der Waals surface area contributed by atoms with E-state index in [0.717, 1.165) is 18.4 Å². The fourth-order valence-corrected chi connectivity index (χ4v) is 2.34. The van der Waals surface area contributed by atoms with Crippen LogP contribution in [0.2, 0.25) is 0 Å². The minimum Gasteiger partial charge on any atom is -0.392 e. The number of allylic oxidation sites excluding steroid dienone is 1. The molecule has 4 atom stereocenters. The molecule has 12 heavy (non-hydrogen) atoms. The van der Waals surface area contributed by atoms with Gasteiger partial charge >= 0.3 is 0 Å². The van der Waals surface area contributed by atoms with Gasteiger partial charge < -0.3 is 10.4 Å². The number of hydrogen-bond donors (Lipinski definition) is 2. The number of rotatable bonds is 3. The standard InChI is InChI=1S/C10H17NO/c1-7(12)6-11-10-5-8-2-3-9(10)4-8/h2-3,7-12H,4-6H2,1H3/t7-,8-,9+,10?/m1/s1. The van der Waals surface area contributed by atoms with E-state index in [1.54, 1.807) is 0 Å². The van der Waals surface area contributed by atoms with E-state index in [1.165, 1.54) is 12.8 Å². The Hall–Kier alpha value is -0.340. The first-order valence-electron chi connectivity index (χ1n) is 4.85. The van der Waals surface area contributed by atoms with Gasteiger partial charge in [0.15, 0.2) is 0 Å². The molecule has 0 heterocycles. The summed E-state index contributed by atoms with van der Waals surface area (Å²) in [6.07, 6.45) is 7.05. The Balaban J connectivity index is 1.80. The molecular weight excluding hydrogens is 150 g/mol. The third kappa shape index (κ3) is 1.54. The summed E-state index contributed by atoms with van der Waals surface area (Å²) < 4.78 is 0. The van der Waals surface area contributed by atoms with Crippen LogP contribution < -0.4 is 5.32 Å². The van der Waals surface area contributed by atoms with Gasteiger partial charge in [-0.05, 0) is 31.6 Å². The van der Waals surface area contributed by atoms with Gasteiger partial charge in [-0.15, -0.1) is 0 Å². The van der Waals surface area contributed by atoms with Gasteiger partial charge in [-0.1, -0.05) is 12.2 Å². The SMILES string of the molecule is C[C@@H](O)CNC1C[C@@H]2C=C[C@H]1C2. The molecule has 1 unspecified atom stereocenters. The molecule has 0 aliphatic heterocycles. The van der Waals surface area contributed by atoms with Crippen LogP contribution in [0.25, 0.3) is 0 Å². The first-order chi connectivity index (χ1) is 5.75. The van der Waals surface area contributed by atoms with Crippen LogP contribution in [0.5, 0.6) is 0 Å². The minimum atomic E-state index is -0.215. The van der Waals surface area contributed by atoms with Crippen LogP contribution in [0.3, 0.4) is 0 Å². The lowest BCUT2D eigenvalue weighted by molar-refractivity contribution is 0.183. The summed E-state index contributed by atoms with van der Waals surface area (Å²) >= 11 is 0. The molecule has 0 aromatic heterocycles. The van der Waals surface area contributed by atoms with Crippen LogP contribution in [0.1, 0.15) is 19.8 Å². The molecule has 2 rings (SSSR count). The van der Waals surface area contributed by atoms with Gasteiger partial charge in [-0.25, -0.2) is 0 Å². The van der Waals surface area contributed by atoms with E-state index in [9.17, 15) is 0 Å². The van der Waals surface area contributed by atoms with E-state index in [1.807, 2.05) is 6.92 Å². The molecule has 2 heteroatoms. The molecule has 1 fully saturated rings. The zero-order valence-electron chi connectivity index (χ0n) is 7.53. The summed E-state index contributed by atoms with van der Waals surface area (Å²) in [5.41, 5.74) is 0. The predicted octanol–water partition coefficient (Wildman–Crippen LogP) is 0.921. The maximum atomic E-state index is 9.10. The third-order valence-corrected chi connectivity index (χ3v) is 2.95. The van der Waals surface area contributed by atoms with Crippen molar-refractivity contribution in [2.45, 2.75) is 31.9 Å². The third-order valence-electron chi connectivity index (χ3n) is 2.95. The Bertz CT molecular complexity index is 188.